The highest BCUT2D eigenvalue weighted by atomic mass is 16.6. The first-order valence-electron chi connectivity index (χ1n) is 7.59. The standard InChI is InChI=1S/C15H26N2O3/c1-15(2,3)20-14(19)16-9-6-12(7-10-16)13-5-4-8-17(13)11-18/h11-13H,4-10H2,1-3H3. The van der Waals surface area contributed by atoms with Gasteiger partial charge in [-0.15, -0.1) is 0 Å². The van der Waals surface area contributed by atoms with Crippen molar-refractivity contribution in [3.8, 4) is 0 Å². The Kier molecular flexibility index (Phi) is 4.55. The molecule has 2 rings (SSSR count). The summed E-state index contributed by atoms with van der Waals surface area (Å²) in [6.07, 6.45) is 4.92. The second-order valence-electron chi connectivity index (χ2n) is 6.86. The van der Waals surface area contributed by atoms with Gasteiger partial charge >= 0.3 is 6.09 Å². The highest BCUT2D eigenvalue weighted by molar-refractivity contribution is 5.68. The Hall–Kier alpha value is -1.26. The van der Waals surface area contributed by atoms with Crippen LogP contribution in [0.15, 0.2) is 0 Å². The summed E-state index contributed by atoms with van der Waals surface area (Å²) >= 11 is 0. The minimum atomic E-state index is -0.437. The Balaban J connectivity index is 1.83. The second-order valence-corrected chi connectivity index (χ2v) is 6.86. The Morgan fingerprint density at radius 1 is 1.15 bits per heavy atom. The number of piperidine rings is 1. The normalized spacial score (nSPS) is 24.9. The van der Waals surface area contributed by atoms with E-state index in [1.165, 1.54) is 0 Å². The third-order valence-corrected chi connectivity index (χ3v) is 4.21. The maximum atomic E-state index is 12.0. The quantitative estimate of drug-likeness (QED) is 0.730. The molecule has 2 heterocycles. The molecule has 0 radical (unpaired) electrons. The van der Waals surface area contributed by atoms with Crippen molar-refractivity contribution in [3.05, 3.63) is 0 Å². The summed E-state index contributed by atoms with van der Waals surface area (Å²) in [5, 5.41) is 0. The molecule has 2 aliphatic rings. The minimum absolute atomic E-state index is 0.213. The van der Waals surface area contributed by atoms with Gasteiger partial charge in [0.05, 0.1) is 0 Å². The maximum Gasteiger partial charge on any atom is 0.410 e. The third kappa shape index (κ3) is 3.64. The van der Waals surface area contributed by atoms with Gasteiger partial charge in [-0.3, -0.25) is 4.79 Å². The molecule has 0 bridgehead atoms. The monoisotopic (exact) mass is 282 g/mol. The van der Waals surface area contributed by atoms with E-state index in [2.05, 4.69) is 0 Å². The van der Waals surface area contributed by atoms with Gasteiger partial charge in [0, 0.05) is 25.7 Å². The summed E-state index contributed by atoms with van der Waals surface area (Å²) in [7, 11) is 0. The Morgan fingerprint density at radius 2 is 1.80 bits per heavy atom. The zero-order chi connectivity index (χ0) is 14.8. The first-order valence-corrected chi connectivity index (χ1v) is 7.59. The molecule has 0 aromatic heterocycles. The van der Waals surface area contributed by atoms with Gasteiger partial charge in [-0.1, -0.05) is 0 Å². The Labute approximate surface area is 121 Å². The fourth-order valence-corrected chi connectivity index (χ4v) is 3.25. The van der Waals surface area contributed by atoms with Gasteiger partial charge in [-0.2, -0.15) is 0 Å². The van der Waals surface area contributed by atoms with Gasteiger partial charge in [0.2, 0.25) is 6.41 Å². The SMILES string of the molecule is CC(C)(C)OC(=O)N1CCC(C2CCCN2C=O)CC1. The van der Waals surface area contributed by atoms with Crippen LogP contribution in [0, 0.1) is 5.92 Å². The van der Waals surface area contributed by atoms with Crippen molar-refractivity contribution in [1.29, 1.82) is 0 Å². The molecule has 20 heavy (non-hydrogen) atoms. The van der Waals surface area contributed by atoms with Crippen molar-refractivity contribution in [3.63, 3.8) is 0 Å². The van der Waals surface area contributed by atoms with Gasteiger partial charge in [-0.05, 0) is 52.4 Å². The molecule has 114 valence electrons. The number of likely N-dealkylation sites (tertiary alicyclic amines) is 2. The van der Waals surface area contributed by atoms with Crippen LogP contribution in [-0.4, -0.2) is 53.6 Å². The average Bonchev–Trinajstić information content (AvgIpc) is 2.85. The van der Waals surface area contributed by atoms with E-state index in [1.54, 1.807) is 4.90 Å². The van der Waals surface area contributed by atoms with Crippen molar-refractivity contribution < 1.29 is 14.3 Å². The number of carbonyl (C=O) groups excluding carboxylic acids is 2. The molecular weight excluding hydrogens is 256 g/mol. The zero-order valence-corrected chi connectivity index (χ0v) is 12.8. The first-order chi connectivity index (χ1) is 9.40. The number of amides is 2. The highest BCUT2D eigenvalue weighted by Crippen LogP contribution is 2.30. The molecule has 5 heteroatoms. The predicted octanol–water partition coefficient (Wildman–Crippen LogP) is 2.25. The van der Waals surface area contributed by atoms with E-state index in [-0.39, 0.29) is 6.09 Å². The van der Waals surface area contributed by atoms with E-state index in [0.717, 1.165) is 51.7 Å². The molecule has 5 nitrogen and oxygen atoms in total. The lowest BCUT2D eigenvalue weighted by molar-refractivity contribution is -0.120. The van der Waals surface area contributed by atoms with E-state index in [9.17, 15) is 9.59 Å². The second kappa shape index (κ2) is 6.02. The van der Waals surface area contributed by atoms with Crippen LogP contribution in [0.4, 0.5) is 4.79 Å². The number of nitrogens with zero attached hydrogens (tertiary/aromatic N) is 2. The van der Waals surface area contributed by atoms with Crippen molar-refractivity contribution >= 4 is 12.5 Å². The molecule has 0 aromatic rings. The molecule has 2 saturated heterocycles. The molecule has 1 unspecified atom stereocenters. The summed E-state index contributed by atoms with van der Waals surface area (Å²) in [5.41, 5.74) is -0.437. The lowest BCUT2D eigenvalue weighted by Gasteiger charge is -2.37. The highest BCUT2D eigenvalue weighted by Gasteiger charge is 2.34. The largest absolute Gasteiger partial charge is 0.444 e. The van der Waals surface area contributed by atoms with Crippen molar-refractivity contribution in [2.45, 2.75) is 58.1 Å². The molecule has 0 saturated carbocycles. The van der Waals surface area contributed by atoms with Crippen LogP contribution in [0.5, 0.6) is 0 Å². The van der Waals surface area contributed by atoms with Gasteiger partial charge in [-0.25, -0.2) is 4.79 Å². The van der Waals surface area contributed by atoms with Crippen molar-refractivity contribution in [2.75, 3.05) is 19.6 Å². The molecule has 0 spiro atoms. The smallest absolute Gasteiger partial charge is 0.410 e. The molecule has 0 aromatic carbocycles. The summed E-state index contributed by atoms with van der Waals surface area (Å²) in [6.45, 7) is 8.03. The lowest BCUT2D eigenvalue weighted by Crippen LogP contribution is -2.45. The first kappa shape index (κ1) is 15.1. The fraction of sp³-hybridized carbons (Fsp3) is 0.867. The van der Waals surface area contributed by atoms with E-state index in [0.29, 0.717) is 12.0 Å². The van der Waals surface area contributed by atoms with E-state index in [4.69, 9.17) is 4.74 Å². The van der Waals surface area contributed by atoms with Crippen LogP contribution in [0.1, 0.15) is 46.5 Å². The lowest BCUT2D eigenvalue weighted by atomic mass is 9.88. The summed E-state index contributed by atoms with van der Waals surface area (Å²) in [6, 6.07) is 0.383. The van der Waals surface area contributed by atoms with Gasteiger partial charge in [0.15, 0.2) is 0 Å². The summed E-state index contributed by atoms with van der Waals surface area (Å²) < 4.78 is 5.40. The van der Waals surface area contributed by atoms with Crippen LogP contribution in [0.3, 0.4) is 0 Å². The van der Waals surface area contributed by atoms with Crippen LogP contribution in [-0.2, 0) is 9.53 Å². The summed E-state index contributed by atoms with van der Waals surface area (Å²) in [5.74, 6) is 0.529. The molecular formula is C15H26N2O3. The van der Waals surface area contributed by atoms with Crippen LogP contribution >= 0.6 is 0 Å². The van der Waals surface area contributed by atoms with Crippen molar-refractivity contribution in [1.82, 2.24) is 9.80 Å². The van der Waals surface area contributed by atoms with E-state index in [1.807, 2.05) is 25.7 Å². The Bertz CT molecular complexity index is 357. The average molecular weight is 282 g/mol. The Morgan fingerprint density at radius 3 is 2.35 bits per heavy atom. The number of rotatable bonds is 2. The number of ether oxygens (including phenoxy) is 1. The molecule has 2 aliphatic heterocycles. The van der Waals surface area contributed by atoms with Gasteiger partial charge in [0.25, 0.3) is 0 Å². The molecule has 2 amide bonds. The predicted molar refractivity (Wildman–Crippen MR) is 76.3 cm³/mol. The van der Waals surface area contributed by atoms with Crippen LogP contribution in [0.2, 0.25) is 0 Å². The molecule has 0 N–H and O–H groups in total. The number of carbonyl (C=O) groups is 2. The fourth-order valence-electron chi connectivity index (χ4n) is 3.25. The van der Waals surface area contributed by atoms with Crippen LogP contribution < -0.4 is 0 Å². The zero-order valence-electron chi connectivity index (χ0n) is 12.8. The van der Waals surface area contributed by atoms with E-state index < -0.39 is 5.60 Å². The molecule has 0 aliphatic carbocycles. The number of hydrogen-bond donors (Lipinski definition) is 0. The third-order valence-electron chi connectivity index (χ3n) is 4.21. The minimum Gasteiger partial charge on any atom is -0.444 e. The number of hydrogen-bond acceptors (Lipinski definition) is 3. The topological polar surface area (TPSA) is 49.9 Å². The van der Waals surface area contributed by atoms with E-state index >= 15 is 0 Å². The molecule has 2 fully saturated rings. The molecule has 1 atom stereocenters. The van der Waals surface area contributed by atoms with Gasteiger partial charge in [0.1, 0.15) is 5.60 Å². The van der Waals surface area contributed by atoms with Crippen molar-refractivity contribution in [2.24, 2.45) is 5.92 Å². The summed E-state index contributed by atoms with van der Waals surface area (Å²) in [4.78, 5) is 26.8. The van der Waals surface area contributed by atoms with Crippen LogP contribution in [0.25, 0.3) is 0 Å². The van der Waals surface area contributed by atoms with Gasteiger partial charge < -0.3 is 14.5 Å². The maximum absolute atomic E-state index is 12.0.